The smallest absolute Gasteiger partial charge is 0.318 e. The molecular formula is C25H27N3O3. The molecule has 3 amide bonds. The highest BCUT2D eigenvalue weighted by Gasteiger charge is 2.08. The Balaban J connectivity index is 1.46. The third-order valence-corrected chi connectivity index (χ3v) is 4.74. The second-order valence-corrected chi connectivity index (χ2v) is 7.01. The maximum Gasteiger partial charge on any atom is 0.318 e. The van der Waals surface area contributed by atoms with Crippen LogP contribution in [0.15, 0.2) is 78.9 Å². The molecule has 0 aromatic heterocycles. The lowest BCUT2D eigenvalue weighted by Crippen LogP contribution is -2.24. The summed E-state index contributed by atoms with van der Waals surface area (Å²) in [7, 11) is 1.58. The summed E-state index contributed by atoms with van der Waals surface area (Å²) in [5, 5.41) is 8.30. The van der Waals surface area contributed by atoms with Crippen molar-refractivity contribution in [1.82, 2.24) is 10.6 Å². The summed E-state index contributed by atoms with van der Waals surface area (Å²) in [6, 6.07) is 25.1. The zero-order chi connectivity index (χ0) is 21.9. The summed E-state index contributed by atoms with van der Waals surface area (Å²) in [6.07, 6.45) is 0.323. The van der Waals surface area contributed by atoms with Crippen LogP contribution in [0, 0.1) is 0 Å². The molecule has 3 rings (SSSR count). The van der Waals surface area contributed by atoms with E-state index < -0.39 is 0 Å². The normalized spacial score (nSPS) is 10.4. The van der Waals surface area contributed by atoms with E-state index in [4.69, 9.17) is 4.74 Å². The Morgan fingerprint density at radius 2 is 1.55 bits per heavy atom. The van der Waals surface area contributed by atoms with Gasteiger partial charge in [-0.15, -0.1) is 0 Å². The molecule has 6 heteroatoms. The summed E-state index contributed by atoms with van der Waals surface area (Å²) in [4.78, 5) is 23.7. The fourth-order valence-corrected chi connectivity index (χ4v) is 3.05. The van der Waals surface area contributed by atoms with Crippen molar-refractivity contribution in [2.45, 2.75) is 19.6 Å². The Morgan fingerprint density at radius 1 is 0.839 bits per heavy atom. The average molecular weight is 418 g/mol. The number of benzene rings is 3. The minimum atomic E-state index is -0.264. The van der Waals surface area contributed by atoms with Gasteiger partial charge in [0.25, 0.3) is 0 Å². The second kappa shape index (κ2) is 11.5. The van der Waals surface area contributed by atoms with Crippen molar-refractivity contribution in [2.24, 2.45) is 0 Å². The minimum Gasteiger partial charge on any atom is -0.376 e. The quantitative estimate of drug-likeness (QED) is 0.454. The summed E-state index contributed by atoms with van der Waals surface area (Å²) in [5.74, 6) is -0.0442. The number of nitrogens with one attached hydrogen (secondary N) is 3. The molecule has 0 saturated carbocycles. The van der Waals surface area contributed by atoms with E-state index >= 15 is 0 Å². The zero-order valence-corrected chi connectivity index (χ0v) is 17.6. The second-order valence-electron chi connectivity index (χ2n) is 7.01. The molecular weight excluding hydrogens is 390 g/mol. The number of ether oxygens (including phenoxy) is 1. The highest BCUT2D eigenvalue weighted by atomic mass is 16.5. The summed E-state index contributed by atoms with van der Waals surface area (Å²) in [5.41, 5.74) is 4.74. The van der Waals surface area contributed by atoms with Gasteiger partial charge >= 0.3 is 6.03 Å². The molecule has 3 aromatic carbocycles. The largest absolute Gasteiger partial charge is 0.376 e. The van der Waals surface area contributed by atoms with Crippen LogP contribution in [-0.4, -0.2) is 25.6 Å². The first-order chi connectivity index (χ1) is 15.2. The monoisotopic (exact) mass is 417 g/mol. The van der Waals surface area contributed by atoms with Gasteiger partial charge in [0.2, 0.25) is 5.91 Å². The Kier molecular flexibility index (Phi) is 8.20. The molecule has 3 aromatic rings. The van der Waals surface area contributed by atoms with Crippen LogP contribution in [0.25, 0.3) is 11.1 Å². The number of carbonyl (C=O) groups excluding carboxylic acids is 2. The van der Waals surface area contributed by atoms with Crippen LogP contribution in [0.5, 0.6) is 0 Å². The van der Waals surface area contributed by atoms with Gasteiger partial charge < -0.3 is 20.7 Å². The predicted molar refractivity (Wildman–Crippen MR) is 123 cm³/mol. The van der Waals surface area contributed by atoms with Gasteiger partial charge in [-0.05, 0) is 22.8 Å². The first-order valence-electron chi connectivity index (χ1n) is 10.2. The number of hydrogen-bond donors (Lipinski definition) is 3. The molecule has 0 heterocycles. The molecule has 6 nitrogen and oxygen atoms in total. The molecule has 0 atom stereocenters. The van der Waals surface area contributed by atoms with Crippen LogP contribution >= 0.6 is 0 Å². The molecule has 0 saturated heterocycles. The number of urea groups is 1. The molecule has 160 valence electrons. The highest BCUT2D eigenvalue weighted by molar-refractivity contribution is 5.94. The van der Waals surface area contributed by atoms with Crippen molar-refractivity contribution in [3.05, 3.63) is 90.0 Å². The van der Waals surface area contributed by atoms with Gasteiger partial charge in [0.15, 0.2) is 0 Å². The molecule has 0 aliphatic carbocycles. The average Bonchev–Trinajstić information content (AvgIpc) is 2.82. The number of hydrogen-bond acceptors (Lipinski definition) is 3. The SMILES string of the molecule is CNC(=O)Nc1ccccc1-c1ccc(CNC(=O)CCOCc2ccccc2)cc1. The first kappa shape index (κ1) is 22.1. The van der Waals surface area contributed by atoms with Gasteiger partial charge in [0.05, 0.1) is 18.9 Å². The van der Waals surface area contributed by atoms with Crippen LogP contribution in [-0.2, 0) is 22.7 Å². The molecule has 0 fully saturated rings. The van der Waals surface area contributed by atoms with Crippen LogP contribution in [0.1, 0.15) is 17.5 Å². The van der Waals surface area contributed by atoms with Gasteiger partial charge in [0.1, 0.15) is 0 Å². The summed E-state index contributed by atoms with van der Waals surface area (Å²) < 4.78 is 5.56. The Labute approximate surface area is 182 Å². The van der Waals surface area contributed by atoms with E-state index in [1.807, 2.05) is 78.9 Å². The number of rotatable bonds is 9. The van der Waals surface area contributed by atoms with Crippen molar-refractivity contribution < 1.29 is 14.3 Å². The standard InChI is InChI=1S/C25H27N3O3/c1-26-25(30)28-23-10-6-5-9-22(23)21-13-11-19(12-14-21)17-27-24(29)15-16-31-18-20-7-3-2-4-8-20/h2-14H,15-18H2,1H3,(H,27,29)(H2,26,28,30). The summed E-state index contributed by atoms with van der Waals surface area (Å²) in [6.45, 7) is 1.34. The Hall–Kier alpha value is -3.64. The lowest BCUT2D eigenvalue weighted by molar-refractivity contribution is -0.122. The van der Waals surface area contributed by atoms with Crippen LogP contribution < -0.4 is 16.0 Å². The molecule has 0 radical (unpaired) electrons. The van der Waals surface area contributed by atoms with Crippen LogP contribution in [0.3, 0.4) is 0 Å². The van der Waals surface area contributed by atoms with Crippen LogP contribution in [0.2, 0.25) is 0 Å². The van der Waals surface area contributed by atoms with Crippen LogP contribution in [0.4, 0.5) is 10.5 Å². The molecule has 0 aliphatic rings. The van der Waals surface area contributed by atoms with E-state index in [2.05, 4.69) is 16.0 Å². The van der Waals surface area contributed by atoms with Gasteiger partial charge in [0, 0.05) is 25.6 Å². The lowest BCUT2D eigenvalue weighted by atomic mass is 10.0. The van der Waals surface area contributed by atoms with Crippen molar-refractivity contribution in [1.29, 1.82) is 0 Å². The Morgan fingerprint density at radius 3 is 2.29 bits per heavy atom. The van der Waals surface area contributed by atoms with Gasteiger partial charge in [-0.3, -0.25) is 4.79 Å². The predicted octanol–water partition coefficient (Wildman–Crippen LogP) is 4.33. The van der Waals surface area contributed by atoms with E-state index in [9.17, 15) is 9.59 Å². The Bertz CT molecular complexity index is 988. The minimum absolute atomic E-state index is 0.0442. The van der Waals surface area contributed by atoms with Crippen molar-refractivity contribution in [3.63, 3.8) is 0 Å². The van der Waals surface area contributed by atoms with E-state index in [-0.39, 0.29) is 11.9 Å². The third kappa shape index (κ3) is 6.97. The van der Waals surface area contributed by atoms with Crippen molar-refractivity contribution in [2.75, 3.05) is 19.0 Å². The maximum absolute atomic E-state index is 12.1. The third-order valence-electron chi connectivity index (χ3n) is 4.74. The number of anilines is 1. The van der Waals surface area contributed by atoms with E-state index in [1.165, 1.54) is 0 Å². The molecule has 0 aliphatic heterocycles. The zero-order valence-electron chi connectivity index (χ0n) is 17.6. The molecule has 0 spiro atoms. The number of amides is 3. The number of carbonyl (C=O) groups is 2. The van der Waals surface area contributed by atoms with Gasteiger partial charge in [-0.1, -0.05) is 72.8 Å². The van der Waals surface area contributed by atoms with Gasteiger partial charge in [-0.2, -0.15) is 0 Å². The lowest BCUT2D eigenvalue weighted by Gasteiger charge is -2.12. The molecule has 0 unspecified atom stereocenters. The summed E-state index contributed by atoms with van der Waals surface area (Å²) >= 11 is 0. The van der Waals surface area contributed by atoms with Crippen molar-refractivity contribution in [3.8, 4) is 11.1 Å². The highest BCUT2D eigenvalue weighted by Crippen LogP contribution is 2.28. The van der Waals surface area contributed by atoms with E-state index in [0.717, 1.165) is 27.9 Å². The van der Waals surface area contributed by atoms with Gasteiger partial charge in [-0.25, -0.2) is 4.79 Å². The van der Waals surface area contributed by atoms with E-state index in [1.54, 1.807) is 7.05 Å². The molecule has 3 N–H and O–H groups in total. The number of para-hydroxylation sites is 1. The molecule has 0 bridgehead atoms. The maximum atomic E-state index is 12.1. The first-order valence-corrected chi connectivity index (χ1v) is 10.2. The fraction of sp³-hybridized carbons (Fsp3) is 0.200. The van der Waals surface area contributed by atoms with E-state index in [0.29, 0.717) is 26.2 Å². The topological polar surface area (TPSA) is 79.5 Å². The van der Waals surface area contributed by atoms with Crippen molar-refractivity contribution >= 4 is 17.6 Å². The fourth-order valence-electron chi connectivity index (χ4n) is 3.05. The molecule has 31 heavy (non-hydrogen) atoms.